The zero-order valence-corrected chi connectivity index (χ0v) is 15.4. The molecule has 1 aromatic heterocycles. The first-order chi connectivity index (χ1) is 12.0. The highest BCUT2D eigenvalue weighted by Crippen LogP contribution is 2.27. The van der Waals surface area contributed by atoms with E-state index in [-0.39, 0.29) is 5.91 Å². The minimum atomic E-state index is 0.124. The molecule has 0 saturated carbocycles. The van der Waals surface area contributed by atoms with E-state index in [0.717, 1.165) is 44.3 Å². The van der Waals surface area contributed by atoms with E-state index in [1.165, 1.54) is 6.42 Å². The summed E-state index contributed by atoms with van der Waals surface area (Å²) in [5, 5.41) is 3.45. The summed E-state index contributed by atoms with van der Waals surface area (Å²) in [4.78, 5) is 24.3. The molecule has 2 aliphatic heterocycles. The van der Waals surface area contributed by atoms with Gasteiger partial charge in [0.05, 0.1) is 12.6 Å². The van der Waals surface area contributed by atoms with E-state index in [2.05, 4.69) is 29.1 Å². The smallest absolute Gasteiger partial charge is 0.241 e. The van der Waals surface area contributed by atoms with Crippen LogP contribution < -0.4 is 10.2 Å². The van der Waals surface area contributed by atoms with Crippen molar-refractivity contribution in [3.8, 4) is 0 Å². The molecule has 2 aliphatic rings. The number of hydrogen-bond acceptors (Lipinski definition) is 6. The van der Waals surface area contributed by atoms with Gasteiger partial charge in [0.25, 0.3) is 0 Å². The summed E-state index contributed by atoms with van der Waals surface area (Å²) >= 11 is 0. The number of amides is 1. The van der Waals surface area contributed by atoms with Crippen molar-refractivity contribution in [2.45, 2.75) is 32.8 Å². The number of carbonyl (C=O) groups excluding carboxylic acids is 1. The van der Waals surface area contributed by atoms with Crippen molar-refractivity contribution in [1.29, 1.82) is 0 Å². The molecule has 0 bridgehead atoms. The van der Waals surface area contributed by atoms with Crippen LogP contribution in [0.25, 0.3) is 0 Å². The molecule has 3 rings (SSSR count). The Balaban J connectivity index is 1.61. The highest BCUT2D eigenvalue weighted by atomic mass is 16.5. The molecule has 7 nitrogen and oxygen atoms in total. The molecule has 25 heavy (non-hydrogen) atoms. The van der Waals surface area contributed by atoms with Crippen LogP contribution in [0.3, 0.4) is 0 Å². The van der Waals surface area contributed by atoms with Gasteiger partial charge in [-0.25, -0.2) is 9.97 Å². The van der Waals surface area contributed by atoms with Gasteiger partial charge >= 0.3 is 0 Å². The summed E-state index contributed by atoms with van der Waals surface area (Å²) in [5.74, 6) is 2.75. The lowest BCUT2D eigenvalue weighted by Gasteiger charge is -2.35. The maximum absolute atomic E-state index is 11.9. The Hall–Kier alpha value is -1.89. The maximum Gasteiger partial charge on any atom is 0.241 e. The molecule has 2 saturated heterocycles. The number of anilines is 2. The molecular weight excluding hydrogens is 318 g/mol. The molecule has 0 aromatic carbocycles. The zero-order chi connectivity index (χ0) is 17.8. The quantitative estimate of drug-likeness (QED) is 0.873. The normalized spacial score (nSPS) is 24.7. The van der Waals surface area contributed by atoms with Gasteiger partial charge in [-0.2, -0.15) is 0 Å². The van der Waals surface area contributed by atoms with Gasteiger partial charge < -0.3 is 19.9 Å². The Labute approximate surface area is 149 Å². The van der Waals surface area contributed by atoms with E-state index in [1.54, 1.807) is 11.2 Å². The van der Waals surface area contributed by atoms with Crippen LogP contribution in [-0.4, -0.2) is 66.7 Å². The van der Waals surface area contributed by atoms with Crippen molar-refractivity contribution in [3.63, 3.8) is 0 Å². The van der Waals surface area contributed by atoms with Crippen molar-refractivity contribution < 1.29 is 9.53 Å². The zero-order valence-electron chi connectivity index (χ0n) is 15.4. The minimum Gasteiger partial charge on any atom is -0.378 e. The standard InChI is InChI=1S/C18H29N5O2/c1-13(2)18-14(5-4-8-25-18)10-19-15-9-16(21-12-20-15)23-7-6-22(3)17(24)11-23/h9,12-14,18H,4-8,10-11H2,1-3H3,(H,19,20,21)/t14-,18+/m1/s1. The number of ether oxygens (including phenoxy) is 1. The molecule has 0 spiro atoms. The Morgan fingerprint density at radius 2 is 2.20 bits per heavy atom. The third kappa shape index (κ3) is 4.39. The number of nitrogens with zero attached hydrogens (tertiary/aromatic N) is 4. The average Bonchev–Trinajstić information content (AvgIpc) is 2.62. The predicted octanol–water partition coefficient (Wildman–Crippen LogP) is 1.62. The fourth-order valence-corrected chi connectivity index (χ4v) is 3.63. The van der Waals surface area contributed by atoms with Crippen LogP contribution in [0.1, 0.15) is 26.7 Å². The molecule has 1 N–H and O–H groups in total. The Morgan fingerprint density at radius 3 is 2.96 bits per heavy atom. The van der Waals surface area contributed by atoms with E-state index >= 15 is 0 Å². The predicted molar refractivity (Wildman–Crippen MR) is 97.7 cm³/mol. The minimum absolute atomic E-state index is 0.124. The van der Waals surface area contributed by atoms with Crippen LogP contribution in [-0.2, 0) is 9.53 Å². The Morgan fingerprint density at radius 1 is 1.36 bits per heavy atom. The molecule has 2 fully saturated rings. The van der Waals surface area contributed by atoms with Gasteiger partial charge in [-0.15, -0.1) is 0 Å². The number of aromatic nitrogens is 2. The molecule has 1 aromatic rings. The fraction of sp³-hybridized carbons (Fsp3) is 0.722. The first kappa shape index (κ1) is 17.9. The third-order valence-electron chi connectivity index (χ3n) is 5.13. The first-order valence-corrected chi connectivity index (χ1v) is 9.21. The van der Waals surface area contributed by atoms with Gasteiger partial charge in [0.1, 0.15) is 18.0 Å². The van der Waals surface area contributed by atoms with Crippen molar-refractivity contribution in [2.75, 3.05) is 50.1 Å². The van der Waals surface area contributed by atoms with E-state index < -0.39 is 0 Å². The van der Waals surface area contributed by atoms with Gasteiger partial charge in [-0.1, -0.05) is 13.8 Å². The lowest BCUT2D eigenvalue weighted by Crippen LogP contribution is -2.48. The maximum atomic E-state index is 11.9. The van der Waals surface area contributed by atoms with Crippen LogP contribution in [0.4, 0.5) is 11.6 Å². The summed E-state index contributed by atoms with van der Waals surface area (Å²) in [5.41, 5.74) is 0. The highest BCUT2D eigenvalue weighted by Gasteiger charge is 2.28. The summed E-state index contributed by atoms with van der Waals surface area (Å²) in [7, 11) is 1.84. The molecule has 1 amide bonds. The van der Waals surface area contributed by atoms with Crippen LogP contribution in [0, 0.1) is 11.8 Å². The molecule has 2 atom stereocenters. The Kier molecular flexibility index (Phi) is 5.73. The second-order valence-electron chi connectivity index (χ2n) is 7.36. The monoisotopic (exact) mass is 347 g/mol. The summed E-state index contributed by atoms with van der Waals surface area (Å²) in [6.45, 7) is 8.05. The number of piperazine rings is 1. The van der Waals surface area contributed by atoms with Gasteiger partial charge in [0, 0.05) is 45.3 Å². The lowest BCUT2D eigenvalue weighted by atomic mass is 9.87. The second kappa shape index (κ2) is 7.99. The average molecular weight is 347 g/mol. The molecule has 138 valence electrons. The largest absolute Gasteiger partial charge is 0.378 e. The number of hydrogen-bond donors (Lipinski definition) is 1. The highest BCUT2D eigenvalue weighted by molar-refractivity contribution is 5.82. The van der Waals surface area contributed by atoms with E-state index in [0.29, 0.717) is 24.5 Å². The number of carbonyl (C=O) groups is 1. The SMILES string of the molecule is CC(C)[C@@H]1OCCC[C@@H]1CNc1cc(N2CCN(C)C(=O)C2)ncn1. The molecule has 0 radical (unpaired) electrons. The van der Waals surface area contributed by atoms with E-state index in [1.807, 2.05) is 18.0 Å². The lowest BCUT2D eigenvalue weighted by molar-refractivity contribution is -0.129. The van der Waals surface area contributed by atoms with Crippen molar-refractivity contribution >= 4 is 17.5 Å². The molecule has 0 unspecified atom stereocenters. The van der Waals surface area contributed by atoms with E-state index in [9.17, 15) is 4.79 Å². The van der Waals surface area contributed by atoms with E-state index in [4.69, 9.17) is 4.74 Å². The molecular formula is C18H29N5O2. The first-order valence-electron chi connectivity index (χ1n) is 9.21. The molecule has 0 aliphatic carbocycles. The van der Waals surface area contributed by atoms with Crippen LogP contribution in [0.15, 0.2) is 12.4 Å². The third-order valence-corrected chi connectivity index (χ3v) is 5.13. The second-order valence-corrected chi connectivity index (χ2v) is 7.36. The van der Waals surface area contributed by atoms with Crippen molar-refractivity contribution in [3.05, 3.63) is 12.4 Å². The van der Waals surface area contributed by atoms with Gasteiger partial charge in [-0.05, 0) is 18.8 Å². The summed E-state index contributed by atoms with van der Waals surface area (Å²) in [6.07, 6.45) is 4.17. The van der Waals surface area contributed by atoms with Crippen molar-refractivity contribution in [1.82, 2.24) is 14.9 Å². The van der Waals surface area contributed by atoms with Crippen LogP contribution in [0.2, 0.25) is 0 Å². The summed E-state index contributed by atoms with van der Waals surface area (Å²) < 4.78 is 5.96. The molecule has 7 heteroatoms. The van der Waals surface area contributed by atoms with Gasteiger partial charge in [0.15, 0.2) is 0 Å². The Bertz CT molecular complexity index is 595. The number of rotatable bonds is 5. The van der Waals surface area contributed by atoms with Crippen LogP contribution in [0.5, 0.6) is 0 Å². The fourth-order valence-electron chi connectivity index (χ4n) is 3.63. The number of nitrogens with one attached hydrogen (secondary N) is 1. The topological polar surface area (TPSA) is 70.6 Å². The molecule has 3 heterocycles. The van der Waals surface area contributed by atoms with Crippen LogP contribution >= 0.6 is 0 Å². The summed E-state index contributed by atoms with van der Waals surface area (Å²) in [6, 6.07) is 1.94. The van der Waals surface area contributed by atoms with Crippen molar-refractivity contribution in [2.24, 2.45) is 11.8 Å². The number of likely N-dealkylation sites (N-methyl/N-ethyl adjacent to an activating group) is 1. The van der Waals surface area contributed by atoms with Gasteiger partial charge in [-0.3, -0.25) is 4.79 Å². The van der Waals surface area contributed by atoms with Gasteiger partial charge in [0.2, 0.25) is 5.91 Å².